The van der Waals surface area contributed by atoms with Crippen molar-refractivity contribution in [1.29, 1.82) is 0 Å². The van der Waals surface area contributed by atoms with E-state index in [-0.39, 0.29) is 23.0 Å². The van der Waals surface area contributed by atoms with Crippen LogP contribution in [0.4, 0.5) is 13.2 Å². The highest BCUT2D eigenvalue weighted by molar-refractivity contribution is 5.98. The number of oxazole rings is 1. The number of aromatic amines is 1. The van der Waals surface area contributed by atoms with Crippen LogP contribution >= 0.6 is 0 Å². The normalized spacial score (nSPS) is 16.1. The van der Waals surface area contributed by atoms with Crippen LogP contribution in [0.2, 0.25) is 0 Å². The van der Waals surface area contributed by atoms with Crippen LogP contribution in [0.25, 0.3) is 22.7 Å². The topological polar surface area (TPSA) is 97.1 Å². The molecule has 1 aliphatic heterocycles. The molecule has 1 N–H and O–H groups in total. The summed E-state index contributed by atoms with van der Waals surface area (Å²) in [5.41, 5.74) is 1.02. The molecule has 3 heterocycles. The number of nitrogens with one attached hydrogen (secondary N) is 1. The second-order valence-corrected chi connectivity index (χ2v) is 7.66. The van der Waals surface area contributed by atoms with Gasteiger partial charge in [0.15, 0.2) is 29.5 Å². The summed E-state index contributed by atoms with van der Waals surface area (Å²) in [6.07, 6.45) is -2.29. The number of ether oxygens (including phenoxy) is 1. The highest BCUT2D eigenvalue weighted by Gasteiger charge is 2.36. The Kier molecular flexibility index (Phi) is 5.52. The Morgan fingerprint density at radius 3 is 2.65 bits per heavy atom. The van der Waals surface area contributed by atoms with Crippen molar-refractivity contribution in [2.75, 3.05) is 6.54 Å². The fraction of sp³-hybridized carbons (Fsp3) is 0.217. The van der Waals surface area contributed by atoms with Crippen LogP contribution in [0.3, 0.4) is 0 Å². The summed E-state index contributed by atoms with van der Waals surface area (Å²) in [6.45, 7) is 0.467. The molecule has 1 amide bonds. The number of amides is 1. The molecular weight excluding hydrogens is 451 g/mol. The molecule has 1 fully saturated rings. The lowest BCUT2D eigenvalue weighted by Gasteiger charge is -2.22. The van der Waals surface area contributed by atoms with E-state index in [0.29, 0.717) is 24.6 Å². The van der Waals surface area contributed by atoms with Crippen LogP contribution in [0, 0.1) is 0 Å². The van der Waals surface area contributed by atoms with Gasteiger partial charge in [0.1, 0.15) is 5.75 Å². The highest BCUT2D eigenvalue weighted by Crippen LogP contribution is 2.36. The molecule has 174 valence electrons. The van der Waals surface area contributed by atoms with Crippen LogP contribution < -0.4 is 4.74 Å². The van der Waals surface area contributed by atoms with Gasteiger partial charge in [0.25, 0.3) is 5.91 Å². The van der Waals surface area contributed by atoms with Gasteiger partial charge in [0.2, 0.25) is 0 Å². The van der Waals surface area contributed by atoms with E-state index in [0.717, 1.165) is 12.0 Å². The van der Waals surface area contributed by atoms with Gasteiger partial charge >= 0.3 is 6.36 Å². The Hall–Kier alpha value is -4.15. The van der Waals surface area contributed by atoms with E-state index in [1.54, 1.807) is 11.0 Å². The molecular formula is C23H18F3N5O3. The van der Waals surface area contributed by atoms with Gasteiger partial charge in [-0.3, -0.25) is 4.79 Å². The summed E-state index contributed by atoms with van der Waals surface area (Å²) in [5, 5.41) is 8.14. The maximum Gasteiger partial charge on any atom is 0.573 e. The summed E-state index contributed by atoms with van der Waals surface area (Å²) < 4.78 is 48.0. The van der Waals surface area contributed by atoms with Gasteiger partial charge in [-0.25, -0.2) is 4.98 Å². The predicted molar refractivity (Wildman–Crippen MR) is 113 cm³/mol. The Labute approximate surface area is 191 Å². The van der Waals surface area contributed by atoms with Crippen molar-refractivity contribution in [3.63, 3.8) is 0 Å². The second kappa shape index (κ2) is 8.65. The number of para-hydroxylation sites is 1. The number of nitrogens with zero attached hydrogens (tertiary/aromatic N) is 4. The third-order valence-electron chi connectivity index (χ3n) is 5.51. The lowest BCUT2D eigenvalue weighted by atomic mass is 10.1. The highest BCUT2D eigenvalue weighted by atomic mass is 19.4. The third-order valence-corrected chi connectivity index (χ3v) is 5.51. The van der Waals surface area contributed by atoms with Crippen molar-refractivity contribution >= 4 is 5.91 Å². The van der Waals surface area contributed by atoms with Crippen molar-refractivity contribution in [3.05, 3.63) is 72.5 Å². The van der Waals surface area contributed by atoms with Crippen LogP contribution in [-0.2, 0) is 0 Å². The molecule has 1 aliphatic rings. The number of carbonyl (C=O) groups excluding carboxylic acids is 1. The monoisotopic (exact) mass is 469 g/mol. The van der Waals surface area contributed by atoms with Crippen LogP contribution in [-0.4, -0.2) is 43.9 Å². The van der Waals surface area contributed by atoms with Gasteiger partial charge in [-0.1, -0.05) is 42.5 Å². The van der Waals surface area contributed by atoms with Gasteiger partial charge in [-0.15, -0.1) is 23.4 Å². The Morgan fingerprint density at radius 2 is 1.85 bits per heavy atom. The fourth-order valence-electron chi connectivity index (χ4n) is 4.05. The molecule has 5 rings (SSSR count). The number of hydrogen-bond acceptors (Lipinski definition) is 6. The average molecular weight is 469 g/mol. The maximum atomic E-state index is 13.4. The lowest BCUT2D eigenvalue weighted by Crippen LogP contribution is -2.31. The van der Waals surface area contributed by atoms with E-state index in [1.807, 2.05) is 30.3 Å². The maximum absolute atomic E-state index is 13.4. The zero-order valence-electron chi connectivity index (χ0n) is 17.6. The molecule has 0 saturated carbocycles. The standard InChI is InChI=1S/C23H18F3N5O3/c24-23(25,26)34-17-11-5-4-9-15(17)20-28-21(30-29-20)16-10-6-12-31(16)22(32)18-19(33-13-27-18)14-7-2-1-3-8-14/h1-5,7-9,11,13,16H,6,10,12H2,(H,28,29,30). The number of likely N-dealkylation sites (tertiary alicyclic amines) is 1. The molecule has 0 aliphatic carbocycles. The van der Waals surface area contributed by atoms with E-state index in [2.05, 4.69) is 24.9 Å². The van der Waals surface area contributed by atoms with E-state index >= 15 is 0 Å². The van der Waals surface area contributed by atoms with E-state index in [1.165, 1.54) is 24.6 Å². The van der Waals surface area contributed by atoms with Crippen molar-refractivity contribution in [2.24, 2.45) is 0 Å². The zero-order valence-corrected chi connectivity index (χ0v) is 17.6. The molecule has 8 nitrogen and oxygen atoms in total. The van der Waals surface area contributed by atoms with E-state index in [9.17, 15) is 18.0 Å². The first-order chi connectivity index (χ1) is 16.4. The molecule has 2 aromatic carbocycles. The summed E-state index contributed by atoms with van der Waals surface area (Å²) in [5.74, 6) is 0.127. The van der Waals surface area contributed by atoms with Crippen LogP contribution in [0.5, 0.6) is 5.75 Å². The first kappa shape index (κ1) is 21.7. The number of halogens is 3. The van der Waals surface area contributed by atoms with E-state index < -0.39 is 18.2 Å². The van der Waals surface area contributed by atoms with Crippen molar-refractivity contribution in [2.45, 2.75) is 25.2 Å². The van der Waals surface area contributed by atoms with Crippen molar-refractivity contribution < 1.29 is 27.1 Å². The molecule has 4 aromatic rings. The summed E-state index contributed by atoms with van der Waals surface area (Å²) in [7, 11) is 0. The van der Waals surface area contributed by atoms with Gasteiger partial charge in [0, 0.05) is 12.1 Å². The Balaban J connectivity index is 1.42. The van der Waals surface area contributed by atoms with Gasteiger partial charge in [-0.05, 0) is 25.0 Å². The largest absolute Gasteiger partial charge is 0.573 e. The molecule has 1 atom stereocenters. The molecule has 0 spiro atoms. The summed E-state index contributed by atoms with van der Waals surface area (Å²) in [6, 6.07) is 14.4. The number of alkyl halides is 3. The van der Waals surface area contributed by atoms with Crippen molar-refractivity contribution in [3.8, 4) is 28.5 Å². The van der Waals surface area contributed by atoms with Gasteiger partial charge < -0.3 is 19.0 Å². The number of H-pyrrole nitrogens is 1. The smallest absolute Gasteiger partial charge is 0.443 e. The molecule has 0 radical (unpaired) electrons. The number of rotatable bonds is 5. The van der Waals surface area contributed by atoms with Crippen LogP contribution in [0.1, 0.15) is 35.2 Å². The number of carbonyl (C=O) groups is 1. The molecule has 2 aromatic heterocycles. The first-order valence-corrected chi connectivity index (χ1v) is 10.5. The Morgan fingerprint density at radius 1 is 1.09 bits per heavy atom. The molecule has 1 saturated heterocycles. The minimum atomic E-state index is -4.85. The molecule has 34 heavy (non-hydrogen) atoms. The minimum Gasteiger partial charge on any atom is -0.443 e. The van der Waals surface area contributed by atoms with Gasteiger partial charge in [0.05, 0.1) is 11.6 Å². The first-order valence-electron chi connectivity index (χ1n) is 10.5. The Bertz CT molecular complexity index is 1300. The quantitative estimate of drug-likeness (QED) is 0.442. The second-order valence-electron chi connectivity index (χ2n) is 7.66. The van der Waals surface area contributed by atoms with Crippen molar-refractivity contribution in [1.82, 2.24) is 25.1 Å². The van der Waals surface area contributed by atoms with Crippen LogP contribution in [0.15, 0.2) is 65.4 Å². The zero-order chi connectivity index (χ0) is 23.7. The molecule has 0 bridgehead atoms. The van der Waals surface area contributed by atoms with E-state index in [4.69, 9.17) is 4.42 Å². The number of aromatic nitrogens is 4. The number of hydrogen-bond donors (Lipinski definition) is 1. The predicted octanol–water partition coefficient (Wildman–Crippen LogP) is 5.00. The lowest BCUT2D eigenvalue weighted by molar-refractivity contribution is -0.274. The molecule has 11 heteroatoms. The number of benzene rings is 2. The van der Waals surface area contributed by atoms with Gasteiger partial charge in [-0.2, -0.15) is 0 Å². The summed E-state index contributed by atoms with van der Waals surface area (Å²) in [4.78, 5) is 22.1. The fourth-order valence-corrected chi connectivity index (χ4v) is 4.05. The SMILES string of the molecule is O=C(c1ncoc1-c1ccccc1)N1CCCC1c1nnc(-c2ccccc2OC(F)(F)F)[nH]1. The average Bonchev–Trinajstić information content (AvgIpc) is 3.59. The minimum absolute atomic E-state index is 0.109. The third kappa shape index (κ3) is 4.24. The summed E-state index contributed by atoms with van der Waals surface area (Å²) >= 11 is 0. The molecule has 1 unspecified atom stereocenters.